The molecule has 0 saturated carbocycles. The molecule has 3 nitrogen and oxygen atoms in total. The number of carbonyl (C=O) groups excluding carboxylic acids is 1. The maximum atomic E-state index is 11.0. The summed E-state index contributed by atoms with van der Waals surface area (Å²) in [5.74, 6) is -0.307. The molecule has 74 valence electrons. The molecular formula is C10H16O3. The van der Waals surface area contributed by atoms with Gasteiger partial charge in [-0.15, -0.1) is 0 Å². The third kappa shape index (κ3) is 3.59. The quantitative estimate of drug-likeness (QED) is 0.492. The number of rotatable bonds is 4. The zero-order chi connectivity index (χ0) is 9.68. The van der Waals surface area contributed by atoms with Crippen LogP contribution < -0.4 is 0 Å². The van der Waals surface area contributed by atoms with Crippen molar-refractivity contribution in [2.45, 2.75) is 32.3 Å². The van der Waals surface area contributed by atoms with Crippen molar-refractivity contribution in [3.05, 3.63) is 12.2 Å². The Morgan fingerprint density at radius 2 is 2.46 bits per heavy atom. The van der Waals surface area contributed by atoms with E-state index < -0.39 is 0 Å². The number of carbonyl (C=O) groups is 1. The molecule has 0 radical (unpaired) electrons. The Kier molecular flexibility index (Phi) is 3.96. The molecule has 13 heavy (non-hydrogen) atoms. The lowest BCUT2D eigenvalue weighted by atomic mass is 10.2. The van der Waals surface area contributed by atoms with Gasteiger partial charge in [0.15, 0.2) is 0 Å². The summed E-state index contributed by atoms with van der Waals surface area (Å²) < 4.78 is 10.3. The summed E-state index contributed by atoms with van der Waals surface area (Å²) in [6.07, 6.45) is 3.31. The molecule has 1 heterocycles. The number of hydrogen-bond acceptors (Lipinski definition) is 3. The Bertz CT molecular complexity index is 192. The maximum Gasteiger partial charge on any atom is 0.333 e. The predicted molar refractivity (Wildman–Crippen MR) is 49.4 cm³/mol. The van der Waals surface area contributed by atoms with E-state index in [1.807, 2.05) is 0 Å². The summed E-state index contributed by atoms with van der Waals surface area (Å²) in [4.78, 5) is 11.0. The van der Waals surface area contributed by atoms with E-state index in [-0.39, 0.29) is 12.1 Å². The van der Waals surface area contributed by atoms with Crippen molar-refractivity contribution in [3.8, 4) is 0 Å². The van der Waals surface area contributed by atoms with E-state index in [0.717, 1.165) is 25.9 Å². The number of hydrogen-bond donors (Lipinski definition) is 0. The van der Waals surface area contributed by atoms with Crippen molar-refractivity contribution >= 4 is 5.97 Å². The molecular weight excluding hydrogens is 168 g/mol. The van der Waals surface area contributed by atoms with Gasteiger partial charge in [0.05, 0.1) is 12.7 Å². The second kappa shape index (κ2) is 5.02. The fraction of sp³-hybridized carbons (Fsp3) is 0.700. The van der Waals surface area contributed by atoms with Gasteiger partial charge in [0.25, 0.3) is 0 Å². The van der Waals surface area contributed by atoms with Crippen LogP contribution in [-0.2, 0) is 14.3 Å². The lowest BCUT2D eigenvalue weighted by Crippen LogP contribution is -2.12. The number of esters is 1. The fourth-order valence-electron chi connectivity index (χ4n) is 1.28. The third-order valence-corrected chi connectivity index (χ3v) is 2.05. The molecule has 0 N–H and O–H groups in total. The highest BCUT2D eigenvalue weighted by atomic mass is 16.5. The molecule has 1 unspecified atom stereocenters. The average molecular weight is 184 g/mol. The van der Waals surface area contributed by atoms with Gasteiger partial charge in [-0.2, -0.15) is 0 Å². The lowest BCUT2D eigenvalue weighted by molar-refractivity contribution is -0.139. The van der Waals surface area contributed by atoms with Crippen LogP contribution in [0.3, 0.4) is 0 Å². The summed E-state index contributed by atoms with van der Waals surface area (Å²) in [5.41, 5.74) is 0.451. The molecule has 0 amide bonds. The van der Waals surface area contributed by atoms with Crippen molar-refractivity contribution in [2.75, 3.05) is 13.2 Å². The second-order valence-corrected chi connectivity index (χ2v) is 3.34. The van der Waals surface area contributed by atoms with Crippen molar-refractivity contribution < 1.29 is 14.3 Å². The summed E-state index contributed by atoms with van der Waals surface area (Å²) in [6.45, 7) is 6.43. The van der Waals surface area contributed by atoms with Gasteiger partial charge in [-0.25, -0.2) is 4.79 Å². The molecule has 1 atom stereocenters. The maximum absolute atomic E-state index is 11.0. The van der Waals surface area contributed by atoms with Crippen LogP contribution >= 0.6 is 0 Å². The van der Waals surface area contributed by atoms with Crippen LogP contribution in [0.1, 0.15) is 26.2 Å². The van der Waals surface area contributed by atoms with E-state index in [1.165, 1.54) is 0 Å². The average Bonchev–Trinajstić information content (AvgIpc) is 2.56. The Hall–Kier alpha value is -0.830. The van der Waals surface area contributed by atoms with Crippen LogP contribution in [0.15, 0.2) is 12.2 Å². The van der Waals surface area contributed by atoms with Gasteiger partial charge in [-0.3, -0.25) is 0 Å². The zero-order valence-electron chi connectivity index (χ0n) is 8.04. The summed E-state index contributed by atoms with van der Waals surface area (Å²) in [7, 11) is 0. The minimum Gasteiger partial charge on any atom is -0.462 e. The van der Waals surface area contributed by atoms with E-state index in [9.17, 15) is 4.79 Å². The number of ether oxygens (including phenoxy) is 2. The highest BCUT2D eigenvalue weighted by molar-refractivity contribution is 5.86. The van der Waals surface area contributed by atoms with E-state index in [4.69, 9.17) is 9.47 Å². The zero-order valence-corrected chi connectivity index (χ0v) is 8.04. The molecule has 0 bridgehead atoms. The van der Waals surface area contributed by atoms with Crippen molar-refractivity contribution in [1.82, 2.24) is 0 Å². The van der Waals surface area contributed by atoms with Gasteiger partial charge >= 0.3 is 5.97 Å². The Morgan fingerprint density at radius 3 is 3.00 bits per heavy atom. The van der Waals surface area contributed by atoms with Gasteiger partial charge in [0.2, 0.25) is 0 Å². The van der Waals surface area contributed by atoms with Gasteiger partial charge < -0.3 is 9.47 Å². The van der Waals surface area contributed by atoms with Crippen LogP contribution in [0.4, 0.5) is 0 Å². The smallest absolute Gasteiger partial charge is 0.333 e. The van der Waals surface area contributed by atoms with Gasteiger partial charge in [-0.05, 0) is 19.8 Å². The highest BCUT2D eigenvalue weighted by Crippen LogP contribution is 2.15. The van der Waals surface area contributed by atoms with Crippen molar-refractivity contribution in [1.29, 1.82) is 0 Å². The van der Waals surface area contributed by atoms with E-state index >= 15 is 0 Å². The Labute approximate surface area is 78.7 Å². The lowest BCUT2D eigenvalue weighted by Gasteiger charge is -2.09. The van der Waals surface area contributed by atoms with Crippen LogP contribution in [0, 0.1) is 0 Å². The molecule has 1 saturated heterocycles. The molecule has 1 fully saturated rings. The molecule has 0 aromatic heterocycles. The summed E-state index contributed by atoms with van der Waals surface area (Å²) >= 11 is 0. The molecule has 3 heteroatoms. The van der Waals surface area contributed by atoms with Gasteiger partial charge in [-0.1, -0.05) is 6.58 Å². The van der Waals surface area contributed by atoms with E-state index in [2.05, 4.69) is 6.58 Å². The van der Waals surface area contributed by atoms with Crippen LogP contribution in [-0.4, -0.2) is 25.3 Å². The molecule has 0 aliphatic carbocycles. The van der Waals surface area contributed by atoms with Crippen molar-refractivity contribution in [2.24, 2.45) is 0 Å². The van der Waals surface area contributed by atoms with E-state index in [0.29, 0.717) is 12.2 Å². The fourth-order valence-corrected chi connectivity index (χ4v) is 1.28. The minimum absolute atomic E-state index is 0.290. The highest BCUT2D eigenvalue weighted by Gasteiger charge is 2.15. The Morgan fingerprint density at radius 1 is 1.69 bits per heavy atom. The van der Waals surface area contributed by atoms with Crippen molar-refractivity contribution in [3.63, 3.8) is 0 Å². The third-order valence-electron chi connectivity index (χ3n) is 2.05. The first-order valence-electron chi connectivity index (χ1n) is 4.64. The topological polar surface area (TPSA) is 35.5 Å². The first-order chi connectivity index (χ1) is 6.20. The monoisotopic (exact) mass is 184 g/mol. The minimum atomic E-state index is -0.307. The molecule has 0 aromatic rings. The molecule has 1 rings (SSSR count). The van der Waals surface area contributed by atoms with Crippen LogP contribution in [0.25, 0.3) is 0 Å². The van der Waals surface area contributed by atoms with E-state index in [1.54, 1.807) is 6.92 Å². The van der Waals surface area contributed by atoms with Gasteiger partial charge in [0.1, 0.15) is 0 Å². The standard InChI is InChI=1S/C10H16O3/c1-8(2)10(11)13-7-5-9-4-3-6-12-9/h9H,1,3-7H2,2H3. The second-order valence-electron chi connectivity index (χ2n) is 3.34. The molecule has 1 aliphatic rings. The largest absolute Gasteiger partial charge is 0.462 e. The predicted octanol–water partition coefficient (Wildman–Crippen LogP) is 1.67. The Balaban J connectivity index is 2.06. The first kappa shape index (κ1) is 10.3. The van der Waals surface area contributed by atoms with Crippen LogP contribution in [0.2, 0.25) is 0 Å². The van der Waals surface area contributed by atoms with Crippen LogP contribution in [0.5, 0.6) is 0 Å². The summed E-state index contributed by atoms with van der Waals surface area (Å²) in [6, 6.07) is 0. The molecule has 0 aromatic carbocycles. The van der Waals surface area contributed by atoms with Gasteiger partial charge in [0, 0.05) is 18.6 Å². The molecule has 1 aliphatic heterocycles. The SMILES string of the molecule is C=C(C)C(=O)OCCC1CCCO1. The summed E-state index contributed by atoms with van der Waals surface area (Å²) in [5, 5.41) is 0. The first-order valence-corrected chi connectivity index (χ1v) is 4.64. The molecule has 0 spiro atoms. The normalized spacial score (nSPS) is 21.5.